The molecule has 1 aromatic heterocycles. The van der Waals surface area contributed by atoms with Gasteiger partial charge in [-0.2, -0.15) is 5.10 Å². The Bertz CT molecular complexity index is 639. The lowest BCUT2D eigenvalue weighted by Crippen LogP contribution is -2.50. The highest BCUT2D eigenvalue weighted by Crippen LogP contribution is 2.32. The fourth-order valence-corrected chi connectivity index (χ4v) is 4.46. The van der Waals surface area contributed by atoms with Crippen LogP contribution in [-0.2, 0) is 23.1 Å². The molecule has 144 valence electrons. The van der Waals surface area contributed by atoms with E-state index in [0.717, 1.165) is 43.4 Å². The molecular weight excluding hydrogens is 352 g/mol. The predicted octanol–water partition coefficient (Wildman–Crippen LogP) is 2.26. The molecule has 2 unspecified atom stereocenters. The lowest BCUT2D eigenvalue weighted by atomic mass is 9.82. The molecule has 2 aliphatic rings. The number of rotatable bonds is 6. The molecule has 1 heterocycles. The van der Waals surface area contributed by atoms with Crippen LogP contribution in [0.4, 0.5) is 0 Å². The molecule has 0 bridgehead atoms. The molecule has 2 amide bonds. The zero-order valence-corrected chi connectivity index (χ0v) is 16.2. The van der Waals surface area contributed by atoms with Crippen molar-refractivity contribution in [2.75, 3.05) is 12.4 Å². The first-order valence-corrected chi connectivity index (χ1v) is 10.3. The summed E-state index contributed by atoms with van der Waals surface area (Å²) in [5, 5.41) is 10.6. The molecule has 7 heteroatoms. The maximum atomic E-state index is 13.1. The third kappa shape index (κ3) is 4.58. The van der Waals surface area contributed by atoms with Gasteiger partial charge in [-0.05, 0) is 38.0 Å². The average molecular weight is 381 g/mol. The van der Waals surface area contributed by atoms with E-state index in [0.29, 0.717) is 12.5 Å². The molecule has 6 nitrogen and oxygen atoms in total. The van der Waals surface area contributed by atoms with Gasteiger partial charge in [0.25, 0.3) is 0 Å². The minimum Gasteiger partial charge on any atom is -0.353 e. The molecule has 0 aliphatic heterocycles. The number of nitrogens with zero attached hydrogens (tertiary/aromatic N) is 2. The first-order valence-electron chi connectivity index (χ1n) is 9.74. The lowest BCUT2D eigenvalue weighted by molar-refractivity contribution is -0.125. The molecule has 0 aromatic carbocycles. The summed E-state index contributed by atoms with van der Waals surface area (Å²) in [7, 11) is 1.90. The highest BCUT2D eigenvalue weighted by atomic mass is 35.5. The van der Waals surface area contributed by atoms with Gasteiger partial charge in [-0.1, -0.05) is 19.3 Å². The molecule has 2 aliphatic carbocycles. The van der Waals surface area contributed by atoms with E-state index in [4.69, 9.17) is 11.6 Å². The highest BCUT2D eigenvalue weighted by Gasteiger charge is 2.32. The fourth-order valence-electron chi connectivity index (χ4n) is 4.37. The normalized spacial score (nSPS) is 21.7. The Morgan fingerprint density at radius 1 is 1.27 bits per heavy atom. The van der Waals surface area contributed by atoms with Crippen molar-refractivity contribution in [2.24, 2.45) is 13.0 Å². The summed E-state index contributed by atoms with van der Waals surface area (Å²) in [6.07, 6.45) is 10.6. The second kappa shape index (κ2) is 8.89. The van der Waals surface area contributed by atoms with Crippen molar-refractivity contribution < 1.29 is 9.59 Å². The van der Waals surface area contributed by atoms with Crippen molar-refractivity contribution in [3.63, 3.8) is 0 Å². The number of aromatic nitrogens is 2. The molecule has 1 aromatic rings. The van der Waals surface area contributed by atoms with Crippen LogP contribution in [0.25, 0.3) is 0 Å². The van der Waals surface area contributed by atoms with Crippen LogP contribution in [0.5, 0.6) is 0 Å². The monoisotopic (exact) mass is 380 g/mol. The molecule has 1 fully saturated rings. The molecular formula is C19H29ClN4O2. The number of alkyl halides is 1. The number of hydrogen-bond donors (Lipinski definition) is 2. The van der Waals surface area contributed by atoms with Gasteiger partial charge in [0.15, 0.2) is 0 Å². The van der Waals surface area contributed by atoms with E-state index >= 15 is 0 Å². The van der Waals surface area contributed by atoms with Crippen LogP contribution in [0.1, 0.15) is 62.1 Å². The fraction of sp³-hybridized carbons (Fsp3) is 0.737. The van der Waals surface area contributed by atoms with E-state index in [2.05, 4.69) is 15.7 Å². The average Bonchev–Trinajstić information content (AvgIpc) is 3.05. The van der Waals surface area contributed by atoms with Gasteiger partial charge in [0.1, 0.15) is 5.88 Å². The first-order chi connectivity index (χ1) is 12.6. The van der Waals surface area contributed by atoms with Crippen LogP contribution in [0.15, 0.2) is 6.20 Å². The highest BCUT2D eigenvalue weighted by molar-refractivity contribution is 6.27. The molecule has 0 radical (unpaired) electrons. The number of aryl methyl sites for hydroxylation is 2. The third-order valence-electron chi connectivity index (χ3n) is 5.72. The second-order valence-corrected chi connectivity index (χ2v) is 7.87. The summed E-state index contributed by atoms with van der Waals surface area (Å²) in [6.45, 7) is 0.453. The number of nitrogens with one attached hydrogen (secondary N) is 2. The molecule has 26 heavy (non-hydrogen) atoms. The van der Waals surface area contributed by atoms with Crippen LogP contribution in [0.2, 0.25) is 0 Å². The number of hydrogen-bond acceptors (Lipinski definition) is 3. The van der Waals surface area contributed by atoms with Crippen molar-refractivity contribution in [2.45, 2.75) is 63.3 Å². The zero-order chi connectivity index (χ0) is 18.5. The Labute approximate surface area is 160 Å². The molecule has 1 saturated carbocycles. The predicted molar refractivity (Wildman–Crippen MR) is 101 cm³/mol. The quantitative estimate of drug-likeness (QED) is 0.743. The first kappa shape index (κ1) is 19.2. The number of carbonyl (C=O) groups is 2. The van der Waals surface area contributed by atoms with Crippen molar-refractivity contribution >= 4 is 23.4 Å². The van der Waals surface area contributed by atoms with Gasteiger partial charge < -0.3 is 10.6 Å². The summed E-state index contributed by atoms with van der Waals surface area (Å²) < 4.78 is 1.80. The van der Waals surface area contributed by atoms with E-state index < -0.39 is 0 Å². The van der Waals surface area contributed by atoms with Gasteiger partial charge in [0, 0.05) is 31.4 Å². The van der Waals surface area contributed by atoms with E-state index in [1.807, 2.05) is 13.2 Å². The van der Waals surface area contributed by atoms with E-state index in [1.54, 1.807) is 4.68 Å². The molecule has 2 atom stereocenters. The second-order valence-electron chi connectivity index (χ2n) is 7.60. The Morgan fingerprint density at radius 3 is 2.77 bits per heavy atom. The summed E-state index contributed by atoms with van der Waals surface area (Å²) in [4.78, 5) is 24.6. The Hall–Kier alpha value is -1.56. The Morgan fingerprint density at radius 2 is 2.04 bits per heavy atom. The van der Waals surface area contributed by atoms with Crippen LogP contribution in [0, 0.1) is 5.92 Å². The standard InChI is InChI=1S/C19H29ClN4O2/c1-24-12-15-14(8-5-9-16(15)23-24)19(26)22-17(11-21-18(25)10-20)13-6-3-2-4-7-13/h12-14,17H,2-11H2,1H3,(H,21,25)(H,22,26). The Balaban J connectivity index is 1.69. The summed E-state index contributed by atoms with van der Waals surface area (Å²) >= 11 is 5.60. The van der Waals surface area contributed by atoms with Gasteiger partial charge >= 0.3 is 0 Å². The topological polar surface area (TPSA) is 76.0 Å². The molecule has 0 spiro atoms. The van der Waals surface area contributed by atoms with Crippen molar-refractivity contribution in [3.8, 4) is 0 Å². The number of halogens is 1. The number of fused-ring (bicyclic) bond motifs is 1. The maximum Gasteiger partial charge on any atom is 0.234 e. The SMILES string of the molecule is Cn1cc2c(n1)CCCC2C(=O)NC(CNC(=O)CCl)C1CCCCC1. The van der Waals surface area contributed by atoms with Crippen molar-refractivity contribution in [3.05, 3.63) is 17.5 Å². The van der Waals surface area contributed by atoms with Crippen LogP contribution in [-0.4, -0.2) is 40.1 Å². The van der Waals surface area contributed by atoms with Gasteiger partial charge in [-0.15, -0.1) is 11.6 Å². The maximum absolute atomic E-state index is 13.1. The van der Waals surface area contributed by atoms with Crippen molar-refractivity contribution in [1.82, 2.24) is 20.4 Å². The molecule has 2 N–H and O–H groups in total. The summed E-state index contributed by atoms with van der Waals surface area (Å²) in [5.41, 5.74) is 2.10. The van der Waals surface area contributed by atoms with E-state index in [9.17, 15) is 9.59 Å². The van der Waals surface area contributed by atoms with Crippen molar-refractivity contribution in [1.29, 1.82) is 0 Å². The minimum absolute atomic E-state index is 0.0305. The summed E-state index contributed by atoms with van der Waals surface area (Å²) in [5.74, 6) is 0.110. The largest absolute Gasteiger partial charge is 0.353 e. The smallest absolute Gasteiger partial charge is 0.234 e. The van der Waals surface area contributed by atoms with Crippen LogP contribution < -0.4 is 10.6 Å². The molecule has 0 saturated heterocycles. The third-order valence-corrected chi connectivity index (χ3v) is 5.97. The van der Waals surface area contributed by atoms with Gasteiger partial charge in [-0.3, -0.25) is 14.3 Å². The van der Waals surface area contributed by atoms with E-state index in [-0.39, 0.29) is 29.7 Å². The lowest BCUT2D eigenvalue weighted by Gasteiger charge is -2.32. The molecule has 3 rings (SSSR count). The zero-order valence-electron chi connectivity index (χ0n) is 15.5. The van der Waals surface area contributed by atoms with Gasteiger partial charge in [-0.25, -0.2) is 0 Å². The summed E-state index contributed by atoms with van der Waals surface area (Å²) in [6, 6.07) is -0.0305. The number of amides is 2. The van der Waals surface area contributed by atoms with Crippen LogP contribution in [0.3, 0.4) is 0 Å². The Kier molecular flexibility index (Phi) is 6.57. The number of carbonyl (C=O) groups excluding carboxylic acids is 2. The minimum atomic E-state index is -0.186. The van der Waals surface area contributed by atoms with E-state index in [1.165, 1.54) is 19.3 Å². The van der Waals surface area contributed by atoms with Crippen LogP contribution >= 0.6 is 11.6 Å². The van der Waals surface area contributed by atoms with Gasteiger partial charge in [0.05, 0.1) is 11.6 Å². The van der Waals surface area contributed by atoms with Gasteiger partial charge in [0.2, 0.25) is 11.8 Å².